The van der Waals surface area contributed by atoms with E-state index in [9.17, 15) is 18.5 Å². The standard InChI is InChI=1S/C14H18N6O4S/c1-15-25(23,24)11-4-5-12(13(10-11)20(21)22)16-6-2-7-17-14-18-8-3-9-19-14/h3-5,8-10,15-16H,2,6-7H2,1H3,(H,17,18,19). The van der Waals surface area contributed by atoms with Crippen LogP contribution in [0.2, 0.25) is 0 Å². The quantitative estimate of drug-likeness (QED) is 0.342. The van der Waals surface area contributed by atoms with Gasteiger partial charge < -0.3 is 10.6 Å². The van der Waals surface area contributed by atoms with Crippen molar-refractivity contribution in [2.45, 2.75) is 11.3 Å². The molecule has 0 aliphatic heterocycles. The molecule has 0 aliphatic rings. The van der Waals surface area contributed by atoms with Gasteiger partial charge in [0.2, 0.25) is 16.0 Å². The van der Waals surface area contributed by atoms with Crippen molar-refractivity contribution in [2.24, 2.45) is 0 Å². The molecule has 3 N–H and O–H groups in total. The fourth-order valence-corrected chi connectivity index (χ4v) is 2.75. The highest BCUT2D eigenvalue weighted by molar-refractivity contribution is 7.89. The first-order valence-corrected chi connectivity index (χ1v) is 8.89. The third-order valence-electron chi connectivity index (χ3n) is 3.26. The normalized spacial score (nSPS) is 11.1. The molecule has 0 saturated heterocycles. The van der Waals surface area contributed by atoms with Crippen LogP contribution in [0.25, 0.3) is 0 Å². The molecule has 1 aromatic carbocycles. The van der Waals surface area contributed by atoms with Gasteiger partial charge in [-0.2, -0.15) is 0 Å². The zero-order valence-corrected chi connectivity index (χ0v) is 14.3. The SMILES string of the molecule is CNS(=O)(=O)c1ccc(NCCCNc2ncccn2)c([N+](=O)[O-])c1. The van der Waals surface area contributed by atoms with Crippen LogP contribution >= 0.6 is 0 Å². The van der Waals surface area contributed by atoms with Crippen molar-refractivity contribution in [2.75, 3.05) is 30.8 Å². The van der Waals surface area contributed by atoms with Crippen molar-refractivity contribution in [1.29, 1.82) is 0 Å². The summed E-state index contributed by atoms with van der Waals surface area (Å²) < 4.78 is 25.6. The van der Waals surface area contributed by atoms with Gasteiger partial charge in [-0.25, -0.2) is 23.1 Å². The second-order valence-electron chi connectivity index (χ2n) is 4.92. The van der Waals surface area contributed by atoms with Gasteiger partial charge in [-0.3, -0.25) is 10.1 Å². The third kappa shape index (κ3) is 5.09. The molecule has 2 rings (SSSR count). The van der Waals surface area contributed by atoms with Crippen molar-refractivity contribution in [1.82, 2.24) is 14.7 Å². The number of nitrogens with one attached hydrogen (secondary N) is 3. The first-order chi connectivity index (χ1) is 11.9. The van der Waals surface area contributed by atoms with E-state index in [-0.39, 0.29) is 16.3 Å². The Kier molecular flexibility index (Phi) is 6.19. The van der Waals surface area contributed by atoms with Crippen molar-refractivity contribution in [3.05, 3.63) is 46.8 Å². The van der Waals surface area contributed by atoms with Gasteiger partial charge in [-0.1, -0.05) is 0 Å². The van der Waals surface area contributed by atoms with Crippen LogP contribution in [0.4, 0.5) is 17.3 Å². The number of benzene rings is 1. The summed E-state index contributed by atoms with van der Waals surface area (Å²) in [5.41, 5.74) is -0.0355. The summed E-state index contributed by atoms with van der Waals surface area (Å²) >= 11 is 0. The van der Waals surface area contributed by atoms with Gasteiger partial charge in [-0.05, 0) is 31.7 Å². The Morgan fingerprint density at radius 2 is 1.84 bits per heavy atom. The minimum absolute atomic E-state index is 0.157. The Morgan fingerprint density at radius 1 is 1.16 bits per heavy atom. The molecule has 0 aliphatic carbocycles. The summed E-state index contributed by atoms with van der Waals surface area (Å²) in [6.45, 7) is 1.04. The first kappa shape index (κ1) is 18.5. The third-order valence-corrected chi connectivity index (χ3v) is 4.67. The second-order valence-corrected chi connectivity index (χ2v) is 6.81. The molecule has 25 heavy (non-hydrogen) atoms. The molecule has 0 atom stereocenters. The highest BCUT2D eigenvalue weighted by Gasteiger charge is 2.20. The fourth-order valence-electron chi connectivity index (χ4n) is 2.00. The van der Waals surface area contributed by atoms with Gasteiger partial charge >= 0.3 is 0 Å². The van der Waals surface area contributed by atoms with E-state index in [1.54, 1.807) is 18.5 Å². The Labute approximate surface area is 144 Å². The van der Waals surface area contributed by atoms with E-state index in [0.29, 0.717) is 25.5 Å². The molecular weight excluding hydrogens is 348 g/mol. The molecule has 1 heterocycles. The summed E-state index contributed by atoms with van der Waals surface area (Å²) in [5.74, 6) is 0.509. The zero-order valence-electron chi connectivity index (χ0n) is 13.5. The Hall–Kier alpha value is -2.79. The summed E-state index contributed by atoms with van der Waals surface area (Å²) in [5, 5.41) is 17.1. The van der Waals surface area contributed by atoms with E-state index >= 15 is 0 Å². The summed E-state index contributed by atoms with van der Waals surface area (Å²) in [7, 11) is -2.49. The molecule has 11 heteroatoms. The number of hydrogen-bond acceptors (Lipinski definition) is 8. The van der Waals surface area contributed by atoms with E-state index in [1.165, 1.54) is 19.2 Å². The number of aromatic nitrogens is 2. The number of rotatable bonds is 9. The molecular formula is C14H18N6O4S. The Bertz CT molecular complexity index is 828. The van der Waals surface area contributed by atoms with Gasteiger partial charge in [0.15, 0.2) is 0 Å². The molecule has 0 radical (unpaired) electrons. The van der Waals surface area contributed by atoms with E-state index in [1.807, 2.05) is 0 Å². The maximum atomic E-state index is 11.7. The number of nitrogens with zero attached hydrogens (tertiary/aromatic N) is 3. The predicted octanol–water partition coefficient (Wildman–Crippen LogP) is 1.21. The number of nitro benzene ring substituents is 1. The minimum atomic E-state index is -3.74. The number of nitro groups is 1. The molecule has 0 fully saturated rings. The number of anilines is 2. The highest BCUT2D eigenvalue weighted by atomic mass is 32.2. The van der Waals surface area contributed by atoms with Crippen LogP contribution in [0.5, 0.6) is 0 Å². The van der Waals surface area contributed by atoms with Crippen LogP contribution in [0.3, 0.4) is 0 Å². The van der Waals surface area contributed by atoms with Crippen molar-refractivity contribution >= 4 is 27.3 Å². The van der Waals surface area contributed by atoms with Gasteiger partial charge in [0.1, 0.15) is 5.69 Å². The lowest BCUT2D eigenvalue weighted by molar-refractivity contribution is -0.384. The molecule has 0 bridgehead atoms. The van der Waals surface area contributed by atoms with E-state index < -0.39 is 14.9 Å². The van der Waals surface area contributed by atoms with E-state index in [2.05, 4.69) is 25.3 Å². The van der Waals surface area contributed by atoms with E-state index in [4.69, 9.17) is 0 Å². The van der Waals surface area contributed by atoms with Gasteiger partial charge in [-0.15, -0.1) is 0 Å². The van der Waals surface area contributed by atoms with Crippen LogP contribution in [0.1, 0.15) is 6.42 Å². The second kappa shape index (κ2) is 8.35. The predicted molar refractivity (Wildman–Crippen MR) is 93.0 cm³/mol. The van der Waals surface area contributed by atoms with Crippen molar-refractivity contribution in [3.8, 4) is 0 Å². The lowest BCUT2D eigenvalue weighted by atomic mass is 10.2. The van der Waals surface area contributed by atoms with Crippen molar-refractivity contribution < 1.29 is 13.3 Å². The van der Waals surface area contributed by atoms with Crippen LogP contribution < -0.4 is 15.4 Å². The molecule has 1 aromatic heterocycles. The van der Waals surface area contributed by atoms with E-state index in [0.717, 1.165) is 6.07 Å². The molecule has 2 aromatic rings. The lowest BCUT2D eigenvalue weighted by Crippen LogP contribution is -2.19. The topological polar surface area (TPSA) is 139 Å². The number of sulfonamides is 1. The summed E-state index contributed by atoms with van der Waals surface area (Å²) in [6, 6.07) is 5.45. The average Bonchev–Trinajstić information content (AvgIpc) is 2.62. The van der Waals surface area contributed by atoms with Crippen LogP contribution in [0, 0.1) is 10.1 Å². The van der Waals surface area contributed by atoms with Gasteiger partial charge in [0.25, 0.3) is 5.69 Å². The van der Waals surface area contributed by atoms with Gasteiger partial charge in [0.05, 0.1) is 9.82 Å². The summed E-state index contributed by atoms with van der Waals surface area (Å²) in [6.07, 6.45) is 3.90. The monoisotopic (exact) mass is 366 g/mol. The lowest BCUT2D eigenvalue weighted by Gasteiger charge is -2.09. The summed E-state index contributed by atoms with van der Waals surface area (Å²) in [4.78, 5) is 18.4. The maximum Gasteiger partial charge on any atom is 0.293 e. The molecule has 10 nitrogen and oxygen atoms in total. The Morgan fingerprint density at radius 3 is 2.48 bits per heavy atom. The molecule has 0 unspecified atom stereocenters. The Balaban J connectivity index is 1.96. The molecule has 0 spiro atoms. The molecule has 0 amide bonds. The average molecular weight is 366 g/mol. The largest absolute Gasteiger partial charge is 0.379 e. The molecule has 134 valence electrons. The maximum absolute atomic E-state index is 11.7. The van der Waals surface area contributed by atoms with Crippen LogP contribution in [-0.2, 0) is 10.0 Å². The minimum Gasteiger partial charge on any atom is -0.379 e. The highest BCUT2D eigenvalue weighted by Crippen LogP contribution is 2.27. The number of hydrogen-bond donors (Lipinski definition) is 3. The smallest absolute Gasteiger partial charge is 0.293 e. The first-order valence-electron chi connectivity index (χ1n) is 7.41. The molecule has 0 saturated carbocycles. The van der Waals surface area contributed by atoms with Crippen molar-refractivity contribution in [3.63, 3.8) is 0 Å². The van der Waals surface area contributed by atoms with Crippen LogP contribution in [-0.4, -0.2) is 43.4 Å². The van der Waals surface area contributed by atoms with Crippen LogP contribution in [0.15, 0.2) is 41.6 Å². The zero-order chi connectivity index (χ0) is 18.3. The fraction of sp³-hybridized carbons (Fsp3) is 0.286. The van der Waals surface area contributed by atoms with Gasteiger partial charge in [0, 0.05) is 31.5 Å².